The van der Waals surface area contributed by atoms with Crippen LogP contribution in [0.4, 0.5) is 4.79 Å². The van der Waals surface area contributed by atoms with E-state index in [1.54, 1.807) is 6.92 Å². The number of hydrogen-bond donors (Lipinski definition) is 2. The van der Waals surface area contributed by atoms with Crippen LogP contribution in [0.25, 0.3) is 0 Å². The number of rotatable bonds is 4. The number of imide groups is 1. The van der Waals surface area contributed by atoms with Crippen LogP contribution in [0.15, 0.2) is 0 Å². The fourth-order valence-electron chi connectivity index (χ4n) is 2.34. The highest BCUT2D eigenvalue weighted by molar-refractivity contribution is 7.89. The molecule has 1 spiro atoms. The van der Waals surface area contributed by atoms with Gasteiger partial charge in [0.05, 0.1) is 5.75 Å². The van der Waals surface area contributed by atoms with Crippen LogP contribution in [-0.4, -0.2) is 54.9 Å². The van der Waals surface area contributed by atoms with Crippen molar-refractivity contribution in [1.29, 1.82) is 0 Å². The van der Waals surface area contributed by atoms with E-state index >= 15 is 0 Å². The molecule has 0 radical (unpaired) electrons. The van der Waals surface area contributed by atoms with Crippen LogP contribution in [-0.2, 0) is 14.8 Å². The molecular weight excluding hydrogens is 294 g/mol. The molecule has 0 bridgehead atoms. The number of amides is 3. The van der Waals surface area contributed by atoms with Crippen molar-refractivity contribution in [2.24, 2.45) is 5.92 Å². The summed E-state index contributed by atoms with van der Waals surface area (Å²) in [6.07, 6.45) is 0.291. The van der Waals surface area contributed by atoms with Crippen molar-refractivity contribution >= 4 is 33.6 Å². The second-order valence-corrected chi connectivity index (χ2v) is 7.43. The van der Waals surface area contributed by atoms with Gasteiger partial charge in [0, 0.05) is 19.0 Å². The van der Waals surface area contributed by atoms with Crippen molar-refractivity contribution in [2.45, 2.75) is 18.9 Å². The van der Waals surface area contributed by atoms with Crippen molar-refractivity contribution in [1.82, 2.24) is 14.9 Å². The molecule has 19 heavy (non-hydrogen) atoms. The monoisotopic (exact) mass is 309 g/mol. The molecule has 9 heteroatoms. The van der Waals surface area contributed by atoms with Gasteiger partial charge in [-0.05, 0) is 12.3 Å². The minimum atomic E-state index is -3.46. The minimum absolute atomic E-state index is 0.0120. The van der Waals surface area contributed by atoms with Crippen molar-refractivity contribution in [3.8, 4) is 0 Å². The van der Waals surface area contributed by atoms with Gasteiger partial charge in [-0.2, -0.15) is 4.31 Å². The number of hydrogen-bond acceptors (Lipinski definition) is 4. The Morgan fingerprint density at radius 3 is 2.68 bits per heavy atom. The smallest absolute Gasteiger partial charge is 0.322 e. The predicted molar refractivity (Wildman–Crippen MR) is 69.3 cm³/mol. The van der Waals surface area contributed by atoms with E-state index in [0.717, 1.165) is 0 Å². The van der Waals surface area contributed by atoms with Gasteiger partial charge in [-0.1, -0.05) is 6.92 Å². The summed E-state index contributed by atoms with van der Waals surface area (Å²) in [6, 6.07) is -0.571. The lowest BCUT2D eigenvalue weighted by atomic mass is 10.00. The number of urea groups is 1. The molecule has 0 aromatic heterocycles. The number of carbonyl (C=O) groups is 2. The summed E-state index contributed by atoms with van der Waals surface area (Å²) in [5.41, 5.74) is -1.10. The molecule has 2 unspecified atom stereocenters. The maximum absolute atomic E-state index is 12.2. The molecule has 3 amide bonds. The van der Waals surface area contributed by atoms with Crippen molar-refractivity contribution in [3.05, 3.63) is 0 Å². The summed E-state index contributed by atoms with van der Waals surface area (Å²) in [6.45, 7) is 1.97. The van der Waals surface area contributed by atoms with E-state index in [4.69, 9.17) is 11.6 Å². The SMILES string of the molecule is CC(CCl)CS(=O)(=O)N1CCC2(C1)NC(=O)NC2=O. The molecule has 2 N–H and O–H groups in total. The zero-order valence-electron chi connectivity index (χ0n) is 10.5. The average molecular weight is 310 g/mol. The van der Waals surface area contributed by atoms with Gasteiger partial charge in [-0.3, -0.25) is 10.1 Å². The number of nitrogens with zero attached hydrogens (tertiary/aromatic N) is 1. The number of halogens is 1. The third-order valence-corrected chi connectivity index (χ3v) is 6.02. The molecule has 2 saturated heterocycles. The van der Waals surface area contributed by atoms with Gasteiger partial charge in [0.1, 0.15) is 5.54 Å². The van der Waals surface area contributed by atoms with E-state index in [2.05, 4.69) is 10.6 Å². The molecule has 0 saturated carbocycles. The Morgan fingerprint density at radius 1 is 1.47 bits per heavy atom. The molecule has 2 atom stereocenters. The molecule has 2 aliphatic rings. The van der Waals surface area contributed by atoms with Gasteiger partial charge in [-0.15, -0.1) is 11.6 Å². The molecule has 0 aromatic carbocycles. The first-order chi connectivity index (χ1) is 8.79. The highest BCUT2D eigenvalue weighted by Gasteiger charge is 2.52. The van der Waals surface area contributed by atoms with Gasteiger partial charge in [0.25, 0.3) is 5.91 Å². The number of alkyl halides is 1. The number of carbonyl (C=O) groups excluding carboxylic acids is 2. The summed E-state index contributed by atoms with van der Waals surface area (Å²) in [4.78, 5) is 22.9. The number of sulfonamides is 1. The van der Waals surface area contributed by atoms with E-state index < -0.39 is 27.5 Å². The second-order valence-electron chi connectivity index (χ2n) is 5.11. The van der Waals surface area contributed by atoms with Crippen molar-refractivity contribution in [3.63, 3.8) is 0 Å². The van der Waals surface area contributed by atoms with E-state index in [9.17, 15) is 18.0 Å². The first-order valence-electron chi connectivity index (χ1n) is 5.96. The third kappa shape index (κ3) is 2.70. The average Bonchev–Trinajstić information content (AvgIpc) is 2.84. The summed E-state index contributed by atoms with van der Waals surface area (Å²) in [7, 11) is -3.46. The minimum Gasteiger partial charge on any atom is -0.322 e. The molecule has 0 aliphatic carbocycles. The van der Waals surface area contributed by atoms with Crippen LogP contribution >= 0.6 is 11.6 Å². The summed E-state index contributed by atoms with van der Waals surface area (Å²) in [5, 5.41) is 4.66. The lowest BCUT2D eigenvalue weighted by Crippen LogP contribution is -2.50. The fraction of sp³-hybridized carbons (Fsp3) is 0.800. The van der Waals surface area contributed by atoms with Crippen molar-refractivity contribution in [2.75, 3.05) is 24.7 Å². The quantitative estimate of drug-likeness (QED) is 0.539. The Morgan fingerprint density at radius 2 is 2.16 bits per heavy atom. The normalized spacial score (nSPS) is 29.6. The largest absolute Gasteiger partial charge is 0.322 e. The maximum atomic E-state index is 12.2. The zero-order chi connectivity index (χ0) is 14.3. The van der Waals surface area contributed by atoms with Crippen LogP contribution in [0.5, 0.6) is 0 Å². The Kier molecular flexibility index (Phi) is 3.76. The Balaban J connectivity index is 2.10. The van der Waals surface area contributed by atoms with Crippen LogP contribution in [0, 0.1) is 5.92 Å². The molecule has 108 valence electrons. The van der Waals surface area contributed by atoms with Gasteiger partial charge >= 0.3 is 6.03 Å². The van der Waals surface area contributed by atoms with Crippen molar-refractivity contribution < 1.29 is 18.0 Å². The lowest BCUT2D eigenvalue weighted by molar-refractivity contribution is -0.123. The molecule has 2 fully saturated rings. The zero-order valence-corrected chi connectivity index (χ0v) is 12.1. The van der Waals surface area contributed by atoms with Crippen LogP contribution < -0.4 is 10.6 Å². The predicted octanol–water partition coefficient (Wildman–Crippen LogP) is -0.525. The number of nitrogens with one attached hydrogen (secondary N) is 2. The first-order valence-corrected chi connectivity index (χ1v) is 8.11. The highest BCUT2D eigenvalue weighted by atomic mass is 35.5. The molecule has 2 heterocycles. The van der Waals surface area contributed by atoms with E-state index in [1.807, 2.05) is 0 Å². The lowest BCUT2D eigenvalue weighted by Gasteiger charge is -2.21. The molecule has 7 nitrogen and oxygen atoms in total. The Labute approximate surface area is 116 Å². The van der Waals surface area contributed by atoms with Gasteiger partial charge < -0.3 is 5.32 Å². The van der Waals surface area contributed by atoms with Crippen LogP contribution in [0.3, 0.4) is 0 Å². The Hall–Kier alpha value is -0.860. The maximum Gasteiger partial charge on any atom is 0.322 e. The van der Waals surface area contributed by atoms with E-state index in [1.165, 1.54) is 4.31 Å². The van der Waals surface area contributed by atoms with E-state index in [-0.39, 0.29) is 30.6 Å². The summed E-state index contributed by atoms with van der Waals surface area (Å²) >= 11 is 5.62. The Bertz CT molecular complexity index is 509. The standard InChI is InChI=1S/C10H16ClN3O4S/c1-7(4-11)5-19(17,18)14-3-2-10(6-14)8(15)12-9(16)13-10/h7H,2-6H2,1H3,(H2,12,13,15,16). The van der Waals surface area contributed by atoms with E-state index in [0.29, 0.717) is 6.42 Å². The highest BCUT2D eigenvalue weighted by Crippen LogP contribution is 2.27. The molecule has 2 aliphatic heterocycles. The van der Waals surface area contributed by atoms with Crippen LogP contribution in [0.2, 0.25) is 0 Å². The van der Waals surface area contributed by atoms with Crippen LogP contribution in [0.1, 0.15) is 13.3 Å². The van der Waals surface area contributed by atoms with Gasteiger partial charge in [0.15, 0.2) is 0 Å². The first kappa shape index (κ1) is 14.5. The fourth-order valence-corrected chi connectivity index (χ4v) is 4.41. The second kappa shape index (κ2) is 4.92. The molecular formula is C10H16ClN3O4S. The van der Waals surface area contributed by atoms with Gasteiger partial charge in [-0.25, -0.2) is 13.2 Å². The summed E-state index contributed by atoms with van der Waals surface area (Å²) < 4.78 is 25.6. The van der Waals surface area contributed by atoms with Gasteiger partial charge in [0.2, 0.25) is 10.0 Å². The topological polar surface area (TPSA) is 95.6 Å². The molecule has 2 rings (SSSR count). The third-order valence-electron chi connectivity index (χ3n) is 3.40. The summed E-state index contributed by atoms with van der Waals surface area (Å²) in [5.74, 6) is -0.409. The molecule has 0 aromatic rings.